The number of anilines is 1. The van der Waals surface area contributed by atoms with Crippen LogP contribution >= 0.6 is 11.6 Å². The van der Waals surface area contributed by atoms with Crippen molar-refractivity contribution in [2.24, 2.45) is 0 Å². The number of benzene rings is 2. The van der Waals surface area contributed by atoms with Gasteiger partial charge in [0.2, 0.25) is 5.75 Å². The van der Waals surface area contributed by atoms with E-state index in [2.05, 4.69) is 10.6 Å². The molecule has 28 heavy (non-hydrogen) atoms. The van der Waals surface area contributed by atoms with Gasteiger partial charge in [-0.1, -0.05) is 23.7 Å². The molecule has 0 aliphatic heterocycles. The molecule has 0 bridgehead atoms. The van der Waals surface area contributed by atoms with Crippen molar-refractivity contribution in [2.45, 2.75) is 27.2 Å². The summed E-state index contributed by atoms with van der Waals surface area (Å²) in [6.45, 7) is 7.58. The van der Waals surface area contributed by atoms with Crippen molar-refractivity contribution in [1.29, 1.82) is 0 Å². The standard InChI is InChI=1S/C21H27ClN2O4/c1-4-26-18-13-17(14-19(27-5-2)20(18)28-6-3)24-21(25)23-11-10-15-8-7-9-16(22)12-15/h7-9,12-14H,4-6,10-11H2,1-3H3,(H2,23,24,25). The maximum atomic E-state index is 12.3. The van der Waals surface area contributed by atoms with Crippen molar-refractivity contribution in [1.82, 2.24) is 5.32 Å². The molecule has 0 heterocycles. The van der Waals surface area contributed by atoms with Crippen molar-refractivity contribution in [3.8, 4) is 17.2 Å². The number of hydrogen-bond acceptors (Lipinski definition) is 4. The minimum absolute atomic E-state index is 0.309. The molecule has 0 aliphatic rings. The summed E-state index contributed by atoms with van der Waals surface area (Å²) in [6, 6.07) is 10.7. The van der Waals surface area contributed by atoms with E-state index in [1.165, 1.54) is 0 Å². The zero-order chi connectivity index (χ0) is 20.4. The van der Waals surface area contributed by atoms with Gasteiger partial charge in [-0.2, -0.15) is 0 Å². The Bertz CT molecular complexity index is 756. The first kappa shape index (κ1) is 21.7. The average Bonchev–Trinajstić information content (AvgIpc) is 2.65. The number of hydrogen-bond donors (Lipinski definition) is 2. The lowest BCUT2D eigenvalue weighted by molar-refractivity contribution is 0.252. The molecule has 0 radical (unpaired) electrons. The van der Waals surface area contributed by atoms with Crippen LogP contribution in [0.4, 0.5) is 10.5 Å². The Morgan fingerprint density at radius 1 is 0.964 bits per heavy atom. The summed E-state index contributed by atoms with van der Waals surface area (Å²) in [4.78, 5) is 12.3. The number of rotatable bonds is 10. The lowest BCUT2D eigenvalue weighted by atomic mass is 10.1. The summed E-state index contributed by atoms with van der Waals surface area (Å²) in [5, 5.41) is 6.33. The van der Waals surface area contributed by atoms with Crippen LogP contribution in [0.1, 0.15) is 26.3 Å². The molecule has 152 valence electrons. The maximum Gasteiger partial charge on any atom is 0.319 e. The topological polar surface area (TPSA) is 68.8 Å². The van der Waals surface area contributed by atoms with Crippen molar-refractivity contribution in [2.75, 3.05) is 31.7 Å². The molecule has 6 nitrogen and oxygen atoms in total. The normalized spacial score (nSPS) is 10.3. The van der Waals surface area contributed by atoms with Crippen molar-refractivity contribution >= 4 is 23.3 Å². The van der Waals surface area contributed by atoms with Gasteiger partial charge in [-0.25, -0.2) is 4.79 Å². The van der Waals surface area contributed by atoms with Gasteiger partial charge in [0.1, 0.15) is 0 Å². The van der Waals surface area contributed by atoms with Crippen LogP contribution in [0.15, 0.2) is 36.4 Å². The molecule has 0 fully saturated rings. The average molecular weight is 407 g/mol. The molecule has 2 aromatic rings. The van der Waals surface area contributed by atoms with E-state index in [0.29, 0.717) is 60.7 Å². The van der Waals surface area contributed by atoms with E-state index in [1.807, 2.05) is 45.0 Å². The quantitative estimate of drug-likeness (QED) is 0.588. The van der Waals surface area contributed by atoms with E-state index >= 15 is 0 Å². The third-order valence-corrected chi connectivity index (χ3v) is 3.99. The van der Waals surface area contributed by atoms with Crippen molar-refractivity contribution in [3.63, 3.8) is 0 Å². The second kappa shape index (κ2) is 11.3. The Morgan fingerprint density at radius 3 is 2.18 bits per heavy atom. The van der Waals surface area contributed by atoms with E-state index < -0.39 is 0 Å². The summed E-state index contributed by atoms with van der Waals surface area (Å²) >= 11 is 5.98. The van der Waals surface area contributed by atoms with Crippen LogP contribution in [0, 0.1) is 0 Å². The lowest BCUT2D eigenvalue weighted by Gasteiger charge is -2.17. The molecule has 0 unspecified atom stereocenters. The molecule has 2 rings (SSSR count). The van der Waals surface area contributed by atoms with Gasteiger partial charge >= 0.3 is 6.03 Å². The smallest absolute Gasteiger partial charge is 0.319 e. The predicted molar refractivity (Wildman–Crippen MR) is 112 cm³/mol. The molecule has 2 N–H and O–H groups in total. The summed E-state index contributed by atoms with van der Waals surface area (Å²) in [7, 11) is 0. The Balaban J connectivity index is 2.03. The Hall–Kier alpha value is -2.60. The van der Waals surface area contributed by atoms with E-state index in [9.17, 15) is 4.79 Å². The fraction of sp³-hybridized carbons (Fsp3) is 0.381. The minimum Gasteiger partial charge on any atom is -0.490 e. The van der Waals surface area contributed by atoms with Crippen LogP contribution in [0.25, 0.3) is 0 Å². The Labute approximate surface area is 171 Å². The molecule has 2 aromatic carbocycles. The molecular formula is C21H27ClN2O4. The van der Waals surface area contributed by atoms with Gasteiger partial charge in [0.25, 0.3) is 0 Å². The molecule has 0 saturated carbocycles. The van der Waals surface area contributed by atoms with Crippen LogP contribution < -0.4 is 24.8 Å². The van der Waals surface area contributed by atoms with Crippen LogP contribution in [-0.2, 0) is 6.42 Å². The zero-order valence-corrected chi connectivity index (χ0v) is 17.3. The van der Waals surface area contributed by atoms with Crippen molar-refractivity contribution in [3.05, 3.63) is 47.0 Å². The first-order valence-electron chi connectivity index (χ1n) is 9.43. The third kappa shape index (κ3) is 6.53. The highest BCUT2D eigenvalue weighted by Gasteiger charge is 2.16. The van der Waals surface area contributed by atoms with Gasteiger partial charge in [0.05, 0.1) is 25.5 Å². The number of urea groups is 1. The number of carbonyl (C=O) groups excluding carboxylic acids is 1. The van der Waals surface area contributed by atoms with Gasteiger partial charge in [-0.05, 0) is 44.9 Å². The molecule has 0 saturated heterocycles. The summed E-state index contributed by atoms with van der Waals surface area (Å²) < 4.78 is 17.0. The monoisotopic (exact) mass is 406 g/mol. The molecular weight excluding hydrogens is 380 g/mol. The summed E-state index contributed by atoms with van der Waals surface area (Å²) in [6.07, 6.45) is 0.686. The fourth-order valence-corrected chi connectivity index (χ4v) is 2.86. The van der Waals surface area contributed by atoms with Crippen LogP contribution in [-0.4, -0.2) is 32.4 Å². The second-order valence-corrected chi connectivity index (χ2v) is 6.30. The molecule has 0 spiro atoms. The molecule has 0 aromatic heterocycles. The van der Waals surface area contributed by atoms with Gasteiger partial charge in [-0.3, -0.25) is 0 Å². The highest BCUT2D eigenvalue weighted by molar-refractivity contribution is 6.30. The highest BCUT2D eigenvalue weighted by Crippen LogP contribution is 2.40. The van der Waals surface area contributed by atoms with Gasteiger partial charge in [0.15, 0.2) is 11.5 Å². The minimum atomic E-state index is -0.309. The molecule has 0 aliphatic carbocycles. The van der Waals surface area contributed by atoms with E-state index in [-0.39, 0.29) is 6.03 Å². The number of carbonyl (C=O) groups is 1. The van der Waals surface area contributed by atoms with Crippen LogP contribution in [0.3, 0.4) is 0 Å². The SMILES string of the molecule is CCOc1cc(NC(=O)NCCc2cccc(Cl)c2)cc(OCC)c1OCC. The Morgan fingerprint density at radius 2 is 1.61 bits per heavy atom. The Kier molecular flexibility index (Phi) is 8.75. The number of ether oxygens (including phenoxy) is 3. The lowest BCUT2D eigenvalue weighted by Crippen LogP contribution is -2.30. The number of nitrogens with one attached hydrogen (secondary N) is 2. The number of amides is 2. The van der Waals surface area contributed by atoms with E-state index in [4.69, 9.17) is 25.8 Å². The van der Waals surface area contributed by atoms with E-state index in [1.54, 1.807) is 12.1 Å². The first-order valence-corrected chi connectivity index (χ1v) is 9.80. The molecule has 7 heteroatoms. The zero-order valence-electron chi connectivity index (χ0n) is 16.5. The van der Waals surface area contributed by atoms with Crippen LogP contribution in [0.2, 0.25) is 5.02 Å². The van der Waals surface area contributed by atoms with Gasteiger partial charge in [0, 0.05) is 23.7 Å². The summed E-state index contributed by atoms with van der Waals surface area (Å²) in [5.41, 5.74) is 1.63. The highest BCUT2D eigenvalue weighted by atomic mass is 35.5. The van der Waals surface area contributed by atoms with Crippen LogP contribution in [0.5, 0.6) is 17.2 Å². The molecule has 0 atom stereocenters. The fourth-order valence-electron chi connectivity index (χ4n) is 2.65. The van der Waals surface area contributed by atoms with E-state index in [0.717, 1.165) is 5.56 Å². The van der Waals surface area contributed by atoms with Gasteiger partial charge < -0.3 is 24.8 Å². The predicted octanol–water partition coefficient (Wildman–Crippen LogP) is 4.90. The summed E-state index contributed by atoms with van der Waals surface area (Å²) in [5.74, 6) is 1.60. The largest absolute Gasteiger partial charge is 0.490 e. The number of halogens is 1. The third-order valence-electron chi connectivity index (χ3n) is 3.76. The van der Waals surface area contributed by atoms with Crippen molar-refractivity contribution < 1.29 is 19.0 Å². The second-order valence-electron chi connectivity index (χ2n) is 5.86. The first-order chi connectivity index (χ1) is 13.6. The van der Waals surface area contributed by atoms with Gasteiger partial charge in [-0.15, -0.1) is 0 Å². The maximum absolute atomic E-state index is 12.3. The molecule has 2 amide bonds.